The Morgan fingerprint density at radius 3 is 2.44 bits per heavy atom. The van der Waals surface area contributed by atoms with Crippen LogP contribution < -0.4 is 19.7 Å². The van der Waals surface area contributed by atoms with E-state index in [1.54, 1.807) is 20.3 Å². The van der Waals surface area contributed by atoms with E-state index in [4.69, 9.17) is 26.1 Å². The van der Waals surface area contributed by atoms with Crippen LogP contribution in [0.15, 0.2) is 84.0 Å². The van der Waals surface area contributed by atoms with Crippen molar-refractivity contribution in [2.45, 2.75) is 23.9 Å². The average molecular weight is 563 g/mol. The Balaban J connectivity index is 1.35. The highest BCUT2D eigenvalue weighted by molar-refractivity contribution is 7.98. The molecule has 4 aromatic rings. The number of amides is 1. The highest BCUT2D eigenvalue weighted by Gasteiger charge is 2.12. The number of thioether (sulfide) groups is 1. The van der Waals surface area contributed by atoms with E-state index in [-0.39, 0.29) is 5.91 Å². The molecule has 0 saturated carbocycles. The molecule has 4 rings (SSSR count). The minimum atomic E-state index is -0.108. The summed E-state index contributed by atoms with van der Waals surface area (Å²) in [6.07, 6.45) is 0.792. The van der Waals surface area contributed by atoms with E-state index in [1.165, 1.54) is 11.8 Å². The van der Waals surface area contributed by atoms with Crippen molar-refractivity contribution in [1.82, 2.24) is 15.3 Å². The van der Waals surface area contributed by atoms with Crippen LogP contribution in [0, 0.1) is 0 Å². The number of benzene rings is 3. The van der Waals surface area contributed by atoms with Crippen LogP contribution in [0.1, 0.15) is 27.0 Å². The molecular formula is C30H31ClN4O3S. The number of likely N-dealkylation sites (N-methyl/N-ethyl adjacent to an activating group) is 1. The monoisotopic (exact) mass is 562 g/mol. The Bertz CT molecular complexity index is 1400. The van der Waals surface area contributed by atoms with E-state index < -0.39 is 0 Å². The third-order valence-corrected chi connectivity index (χ3v) is 7.20. The van der Waals surface area contributed by atoms with Gasteiger partial charge in [0.2, 0.25) is 0 Å². The van der Waals surface area contributed by atoms with Gasteiger partial charge in [-0.05, 0) is 47.4 Å². The number of hydrogen-bond acceptors (Lipinski definition) is 7. The van der Waals surface area contributed by atoms with E-state index >= 15 is 0 Å². The first-order valence-corrected chi connectivity index (χ1v) is 13.8. The zero-order valence-electron chi connectivity index (χ0n) is 22.2. The summed E-state index contributed by atoms with van der Waals surface area (Å²) >= 11 is 7.82. The lowest BCUT2D eigenvalue weighted by molar-refractivity contribution is 0.0951. The molecule has 9 heteroatoms. The van der Waals surface area contributed by atoms with Crippen molar-refractivity contribution in [3.05, 3.63) is 106 Å². The Kier molecular flexibility index (Phi) is 10.1. The van der Waals surface area contributed by atoms with Crippen LogP contribution in [0.2, 0.25) is 5.15 Å². The largest absolute Gasteiger partial charge is 0.493 e. The number of carbonyl (C=O) groups is 1. The number of rotatable bonds is 12. The van der Waals surface area contributed by atoms with Crippen LogP contribution in [0.4, 0.5) is 5.82 Å². The first kappa shape index (κ1) is 28.3. The van der Waals surface area contributed by atoms with Crippen molar-refractivity contribution in [3.63, 3.8) is 0 Å². The van der Waals surface area contributed by atoms with Gasteiger partial charge in [-0.1, -0.05) is 71.9 Å². The molecule has 0 spiro atoms. The van der Waals surface area contributed by atoms with Gasteiger partial charge in [0.1, 0.15) is 11.0 Å². The molecule has 0 atom stereocenters. The van der Waals surface area contributed by atoms with E-state index in [0.29, 0.717) is 39.7 Å². The molecule has 202 valence electrons. The van der Waals surface area contributed by atoms with Crippen LogP contribution in [0.5, 0.6) is 11.5 Å². The number of nitrogens with zero attached hydrogens (tertiary/aromatic N) is 3. The predicted octanol–water partition coefficient (Wildman–Crippen LogP) is 6.05. The van der Waals surface area contributed by atoms with Gasteiger partial charge in [0.25, 0.3) is 5.91 Å². The van der Waals surface area contributed by atoms with Gasteiger partial charge in [0.15, 0.2) is 16.7 Å². The smallest absolute Gasteiger partial charge is 0.251 e. The molecule has 1 amide bonds. The predicted molar refractivity (Wildman–Crippen MR) is 157 cm³/mol. The number of aromatic nitrogens is 2. The summed E-state index contributed by atoms with van der Waals surface area (Å²) in [6.45, 7) is 1.21. The molecule has 7 nitrogen and oxygen atoms in total. The van der Waals surface area contributed by atoms with Crippen molar-refractivity contribution in [3.8, 4) is 11.5 Å². The van der Waals surface area contributed by atoms with Gasteiger partial charge in [0, 0.05) is 37.5 Å². The van der Waals surface area contributed by atoms with Gasteiger partial charge in [-0.3, -0.25) is 4.79 Å². The third-order valence-electron chi connectivity index (χ3n) is 6.09. The number of ether oxygens (including phenoxy) is 2. The van der Waals surface area contributed by atoms with Crippen molar-refractivity contribution in [2.24, 2.45) is 0 Å². The van der Waals surface area contributed by atoms with Crippen molar-refractivity contribution >= 4 is 35.1 Å². The number of methoxy groups -OCH3 is 2. The second kappa shape index (κ2) is 13.9. The number of hydrogen-bond donors (Lipinski definition) is 1. The standard InChI is InChI=1S/C30H31ClN4O3S/c1-35(15-14-21-12-13-25(37-2)26(17-21)38-3)28-18-27(31)33-30(34-28)39-20-23-10-7-11-24(16-23)29(36)32-19-22-8-5-4-6-9-22/h4-13,16-18H,14-15,19-20H2,1-3H3,(H,32,36). The number of carbonyl (C=O) groups excluding carboxylic acids is 1. The normalized spacial score (nSPS) is 10.7. The van der Waals surface area contributed by atoms with E-state index in [9.17, 15) is 4.79 Å². The SMILES string of the molecule is COc1ccc(CCN(C)c2cc(Cl)nc(SCc3cccc(C(=O)NCc4ccccc4)c3)n2)cc1OC. The van der Waals surface area contributed by atoms with Gasteiger partial charge < -0.3 is 19.7 Å². The minimum absolute atomic E-state index is 0.108. The summed E-state index contributed by atoms with van der Waals surface area (Å²) in [6, 6.07) is 25.1. The lowest BCUT2D eigenvalue weighted by Crippen LogP contribution is -2.22. The Hall–Kier alpha value is -3.75. The Morgan fingerprint density at radius 1 is 0.897 bits per heavy atom. The number of nitrogens with one attached hydrogen (secondary N) is 1. The maximum Gasteiger partial charge on any atom is 0.251 e. The quantitative estimate of drug-likeness (QED) is 0.128. The van der Waals surface area contributed by atoms with E-state index in [0.717, 1.165) is 35.5 Å². The molecule has 1 aromatic heterocycles. The summed E-state index contributed by atoms with van der Waals surface area (Å²) in [5.41, 5.74) is 3.80. The van der Waals surface area contributed by atoms with Crippen LogP contribution in [0.3, 0.4) is 0 Å². The molecule has 0 aliphatic carbocycles. The molecule has 0 aliphatic rings. The molecule has 0 bridgehead atoms. The number of anilines is 1. The minimum Gasteiger partial charge on any atom is -0.493 e. The fraction of sp³-hybridized carbons (Fsp3) is 0.233. The fourth-order valence-electron chi connectivity index (χ4n) is 3.92. The molecule has 3 aromatic carbocycles. The molecule has 0 aliphatic heterocycles. The van der Waals surface area contributed by atoms with Gasteiger partial charge in [-0.2, -0.15) is 0 Å². The Labute approximate surface area is 238 Å². The second-order valence-electron chi connectivity index (χ2n) is 8.85. The van der Waals surface area contributed by atoms with Crippen molar-refractivity contribution < 1.29 is 14.3 Å². The molecule has 1 heterocycles. The summed E-state index contributed by atoms with van der Waals surface area (Å²) in [7, 11) is 5.23. The van der Waals surface area contributed by atoms with Crippen LogP contribution in [0.25, 0.3) is 0 Å². The van der Waals surface area contributed by atoms with Crippen LogP contribution in [-0.2, 0) is 18.7 Å². The molecular weight excluding hydrogens is 532 g/mol. The topological polar surface area (TPSA) is 76.6 Å². The molecule has 0 saturated heterocycles. The third kappa shape index (κ3) is 8.12. The fourth-order valence-corrected chi connectivity index (χ4v) is 4.95. The number of halogens is 1. The van der Waals surface area contributed by atoms with Crippen LogP contribution in [-0.4, -0.2) is 43.7 Å². The van der Waals surface area contributed by atoms with Crippen LogP contribution >= 0.6 is 23.4 Å². The Morgan fingerprint density at radius 2 is 1.67 bits per heavy atom. The molecule has 0 radical (unpaired) electrons. The van der Waals surface area contributed by atoms with Crippen molar-refractivity contribution in [2.75, 3.05) is 32.7 Å². The van der Waals surface area contributed by atoms with E-state index in [2.05, 4.69) is 10.3 Å². The summed E-state index contributed by atoms with van der Waals surface area (Å²) in [5.74, 6) is 2.65. The molecule has 39 heavy (non-hydrogen) atoms. The van der Waals surface area contributed by atoms with Gasteiger partial charge in [0.05, 0.1) is 14.2 Å². The van der Waals surface area contributed by atoms with Gasteiger partial charge in [-0.15, -0.1) is 0 Å². The zero-order valence-corrected chi connectivity index (χ0v) is 23.8. The maximum absolute atomic E-state index is 12.7. The summed E-state index contributed by atoms with van der Waals surface area (Å²) < 4.78 is 10.7. The highest BCUT2D eigenvalue weighted by Crippen LogP contribution is 2.28. The second-order valence-corrected chi connectivity index (χ2v) is 10.2. The molecule has 1 N–H and O–H groups in total. The highest BCUT2D eigenvalue weighted by atomic mass is 35.5. The summed E-state index contributed by atoms with van der Waals surface area (Å²) in [5, 5.41) is 3.93. The van der Waals surface area contributed by atoms with Crippen molar-refractivity contribution in [1.29, 1.82) is 0 Å². The van der Waals surface area contributed by atoms with Gasteiger partial charge >= 0.3 is 0 Å². The first-order chi connectivity index (χ1) is 18.9. The molecule has 0 unspecified atom stereocenters. The summed E-state index contributed by atoms with van der Waals surface area (Å²) in [4.78, 5) is 23.8. The van der Waals surface area contributed by atoms with Gasteiger partial charge in [-0.25, -0.2) is 9.97 Å². The first-order valence-electron chi connectivity index (χ1n) is 12.5. The average Bonchev–Trinajstić information content (AvgIpc) is 2.97. The molecule has 0 fully saturated rings. The lowest BCUT2D eigenvalue weighted by Gasteiger charge is -2.19. The lowest BCUT2D eigenvalue weighted by atomic mass is 10.1. The van der Waals surface area contributed by atoms with E-state index in [1.807, 2.05) is 84.7 Å². The zero-order chi connectivity index (χ0) is 27.6. The maximum atomic E-state index is 12.7.